The molecule has 1 aromatic carbocycles. The minimum atomic E-state index is -1.35. The van der Waals surface area contributed by atoms with Crippen LogP contribution >= 0.6 is 0 Å². The smallest absolute Gasteiger partial charge is 0.129 e. The third-order valence-electron chi connectivity index (χ3n) is 3.74. The standard InChI is InChI=1S/C17H27N3Si/c1-14-16(13-20-8-6-19-7-9-20)11-15(12-17(14)18)5-10-21(2,3)4/h11-12,19H,6-9,13,18H2,1-4H3. The average molecular weight is 302 g/mol. The molecule has 114 valence electrons. The van der Waals surface area contributed by atoms with Crippen molar-refractivity contribution in [2.24, 2.45) is 0 Å². The van der Waals surface area contributed by atoms with Crippen molar-refractivity contribution in [3.05, 3.63) is 28.8 Å². The molecule has 1 heterocycles. The third-order valence-corrected chi connectivity index (χ3v) is 4.62. The lowest BCUT2D eigenvalue weighted by atomic mass is 10.0. The van der Waals surface area contributed by atoms with Crippen LogP contribution in [0.5, 0.6) is 0 Å². The topological polar surface area (TPSA) is 41.3 Å². The lowest BCUT2D eigenvalue weighted by molar-refractivity contribution is 0.233. The fourth-order valence-electron chi connectivity index (χ4n) is 2.41. The summed E-state index contributed by atoms with van der Waals surface area (Å²) >= 11 is 0. The molecule has 0 aliphatic carbocycles. The molecule has 2 rings (SSSR count). The molecule has 1 fully saturated rings. The number of nitrogens with one attached hydrogen (secondary N) is 1. The van der Waals surface area contributed by atoms with E-state index < -0.39 is 8.07 Å². The van der Waals surface area contributed by atoms with Gasteiger partial charge in [-0.25, -0.2) is 0 Å². The summed E-state index contributed by atoms with van der Waals surface area (Å²) in [5.74, 6) is 3.33. The van der Waals surface area contributed by atoms with Gasteiger partial charge in [-0.15, -0.1) is 5.54 Å². The van der Waals surface area contributed by atoms with E-state index in [0.717, 1.165) is 44.0 Å². The summed E-state index contributed by atoms with van der Waals surface area (Å²) in [5.41, 5.74) is 14.0. The molecule has 0 atom stereocenters. The number of nitrogens with two attached hydrogens (primary N) is 1. The lowest BCUT2D eigenvalue weighted by Crippen LogP contribution is -2.43. The summed E-state index contributed by atoms with van der Waals surface area (Å²) in [5, 5.41) is 3.39. The van der Waals surface area contributed by atoms with Crippen molar-refractivity contribution in [3.63, 3.8) is 0 Å². The SMILES string of the molecule is Cc1c(N)cc(C#C[Si](C)(C)C)cc1CN1CCNCC1. The second kappa shape index (κ2) is 6.65. The molecule has 0 spiro atoms. The Bertz CT molecular complexity index is 558. The van der Waals surface area contributed by atoms with E-state index >= 15 is 0 Å². The maximum atomic E-state index is 6.18. The zero-order valence-electron chi connectivity index (χ0n) is 13.7. The summed E-state index contributed by atoms with van der Waals surface area (Å²) in [4.78, 5) is 2.48. The predicted molar refractivity (Wildman–Crippen MR) is 94.0 cm³/mol. The molecule has 1 aliphatic rings. The normalized spacial score (nSPS) is 16.4. The van der Waals surface area contributed by atoms with E-state index in [1.807, 2.05) is 6.07 Å². The molecular formula is C17H27N3Si. The Morgan fingerprint density at radius 3 is 2.52 bits per heavy atom. The van der Waals surface area contributed by atoms with Crippen molar-refractivity contribution >= 4 is 13.8 Å². The van der Waals surface area contributed by atoms with Crippen LogP contribution in [-0.4, -0.2) is 39.2 Å². The Hall–Kier alpha value is -1.28. The van der Waals surface area contributed by atoms with Crippen molar-refractivity contribution in [2.75, 3.05) is 31.9 Å². The molecular weight excluding hydrogens is 274 g/mol. The van der Waals surface area contributed by atoms with E-state index in [1.54, 1.807) is 0 Å². The first-order valence-corrected chi connectivity index (χ1v) is 11.2. The molecule has 3 nitrogen and oxygen atoms in total. The molecule has 0 bridgehead atoms. The summed E-state index contributed by atoms with van der Waals surface area (Å²) < 4.78 is 0. The van der Waals surface area contributed by atoms with Crippen molar-refractivity contribution in [1.82, 2.24) is 10.2 Å². The first-order valence-electron chi connectivity index (χ1n) is 7.70. The molecule has 1 aromatic rings. The van der Waals surface area contributed by atoms with Gasteiger partial charge in [-0.1, -0.05) is 25.6 Å². The van der Waals surface area contributed by atoms with Gasteiger partial charge in [0.2, 0.25) is 0 Å². The second-order valence-corrected chi connectivity index (χ2v) is 11.6. The first-order chi connectivity index (χ1) is 9.85. The molecule has 0 unspecified atom stereocenters. The summed E-state index contributed by atoms with van der Waals surface area (Å²) in [6, 6.07) is 4.24. The van der Waals surface area contributed by atoms with Gasteiger partial charge in [-0.05, 0) is 30.2 Å². The summed E-state index contributed by atoms with van der Waals surface area (Å²) in [6.07, 6.45) is 0. The van der Waals surface area contributed by atoms with Crippen LogP contribution in [0, 0.1) is 18.4 Å². The number of anilines is 1. The fourth-order valence-corrected chi connectivity index (χ4v) is 2.92. The highest BCUT2D eigenvalue weighted by Crippen LogP contribution is 2.20. The van der Waals surface area contributed by atoms with Gasteiger partial charge >= 0.3 is 0 Å². The molecule has 1 saturated heterocycles. The molecule has 21 heavy (non-hydrogen) atoms. The number of hydrogen-bond acceptors (Lipinski definition) is 3. The fraction of sp³-hybridized carbons (Fsp3) is 0.529. The number of nitrogen functional groups attached to an aromatic ring is 1. The molecule has 4 heteroatoms. The van der Waals surface area contributed by atoms with Crippen LogP contribution in [0.3, 0.4) is 0 Å². The molecule has 0 radical (unpaired) electrons. The largest absolute Gasteiger partial charge is 0.398 e. The van der Waals surface area contributed by atoms with Crippen molar-refractivity contribution < 1.29 is 0 Å². The lowest BCUT2D eigenvalue weighted by Gasteiger charge is -2.28. The van der Waals surface area contributed by atoms with Gasteiger partial charge in [0.05, 0.1) is 0 Å². The Morgan fingerprint density at radius 1 is 1.24 bits per heavy atom. The minimum Gasteiger partial charge on any atom is -0.398 e. The van der Waals surface area contributed by atoms with E-state index in [-0.39, 0.29) is 0 Å². The van der Waals surface area contributed by atoms with E-state index in [4.69, 9.17) is 5.73 Å². The van der Waals surface area contributed by atoms with Crippen LogP contribution < -0.4 is 11.1 Å². The highest BCUT2D eigenvalue weighted by Gasteiger charge is 2.13. The van der Waals surface area contributed by atoms with Gasteiger partial charge in [0.25, 0.3) is 0 Å². The quantitative estimate of drug-likeness (QED) is 0.500. The van der Waals surface area contributed by atoms with Gasteiger partial charge in [-0.2, -0.15) is 0 Å². The molecule has 0 saturated carbocycles. The zero-order chi connectivity index (χ0) is 15.5. The molecule has 3 N–H and O–H groups in total. The Kier molecular flexibility index (Phi) is 5.10. The Balaban J connectivity index is 2.23. The number of benzene rings is 1. The maximum absolute atomic E-state index is 6.18. The van der Waals surface area contributed by atoms with E-state index in [2.05, 4.69) is 54.3 Å². The van der Waals surface area contributed by atoms with Crippen molar-refractivity contribution in [2.45, 2.75) is 33.1 Å². The predicted octanol–water partition coefficient (Wildman–Crippen LogP) is 2.21. The van der Waals surface area contributed by atoms with Gasteiger partial charge in [0, 0.05) is 44.0 Å². The number of piperazine rings is 1. The van der Waals surface area contributed by atoms with E-state index in [9.17, 15) is 0 Å². The minimum absolute atomic E-state index is 0.863. The average Bonchev–Trinajstić information content (AvgIpc) is 2.42. The number of nitrogens with zero attached hydrogens (tertiary/aromatic N) is 1. The van der Waals surface area contributed by atoms with Crippen LogP contribution in [0.4, 0.5) is 5.69 Å². The van der Waals surface area contributed by atoms with Crippen LogP contribution in [-0.2, 0) is 6.54 Å². The van der Waals surface area contributed by atoms with Crippen molar-refractivity contribution in [1.29, 1.82) is 0 Å². The number of rotatable bonds is 2. The van der Waals surface area contributed by atoms with Gasteiger partial charge in [0.1, 0.15) is 8.07 Å². The third kappa shape index (κ3) is 4.89. The first kappa shape index (κ1) is 16.1. The highest BCUT2D eigenvalue weighted by atomic mass is 28.3. The van der Waals surface area contributed by atoms with Gasteiger partial charge < -0.3 is 11.1 Å². The Labute approximate surface area is 129 Å². The van der Waals surface area contributed by atoms with E-state index in [1.165, 1.54) is 11.1 Å². The summed E-state index contributed by atoms with van der Waals surface area (Å²) in [7, 11) is -1.35. The maximum Gasteiger partial charge on any atom is 0.129 e. The summed E-state index contributed by atoms with van der Waals surface area (Å²) in [6.45, 7) is 14.2. The molecule has 1 aliphatic heterocycles. The van der Waals surface area contributed by atoms with Crippen LogP contribution in [0.15, 0.2) is 12.1 Å². The van der Waals surface area contributed by atoms with Gasteiger partial charge in [0.15, 0.2) is 0 Å². The molecule has 0 amide bonds. The Morgan fingerprint density at radius 2 is 1.90 bits per heavy atom. The number of hydrogen-bond donors (Lipinski definition) is 2. The molecule has 0 aromatic heterocycles. The van der Waals surface area contributed by atoms with Crippen LogP contribution in [0.1, 0.15) is 16.7 Å². The second-order valence-electron chi connectivity index (χ2n) is 6.88. The van der Waals surface area contributed by atoms with Gasteiger partial charge in [-0.3, -0.25) is 4.90 Å². The zero-order valence-corrected chi connectivity index (χ0v) is 14.7. The van der Waals surface area contributed by atoms with Crippen LogP contribution in [0.2, 0.25) is 19.6 Å². The monoisotopic (exact) mass is 301 g/mol. The van der Waals surface area contributed by atoms with E-state index in [0.29, 0.717) is 0 Å². The highest BCUT2D eigenvalue weighted by molar-refractivity contribution is 6.83. The van der Waals surface area contributed by atoms with Crippen molar-refractivity contribution in [3.8, 4) is 11.5 Å². The van der Waals surface area contributed by atoms with Crippen LogP contribution in [0.25, 0.3) is 0 Å².